The van der Waals surface area contributed by atoms with Crippen molar-refractivity contribution in [2.75, 3.05) is 6.54 Å². The van der Waals surface area contributed by atoms with E-state index in [1.807, 2.05) is 0 Å². The molecule has 0 aliphatic heterocycles. The maximum atomic E-state index is 12.0. The molecule has 0 aliphatic carbocycles. The van der Waals surface area contributed by atoms with E-state index in [-0.39, 0.29) is 29.0 Å². The van der Waals surface area contributed by atoms with E-state index in [9.17, 15) is 14.9 Å². The summed E-state index contributed by atoms with van der Waals surface area (Å²) in [5.74, 6) is -0.568. The van der Waals surface area contributed by atoms with Crippen LogP contribution in [0.5, 0.6) is 0 Å². The third-order valence-corrected chi connectivity index (χ3v) is 3.48. The minimum atomic E-state index is -0.860. The van der Waals surface area contributed by atoms with Gasteiger partial charge in [0, 0.05) is 28.8 Å². The largest absolute Gasteiger partial charge is 0.411 e. The molecule has 0 saturated carbocycles. The Labute approximate surface area is 140 Å². The molecule has 0 bridgehead atoms. The molecular formula is C16H22N4O4. The summed E-state index contributed by atoms with van der Waals surface area (Å²) in [5.41, 5.74) is 1.06. The lowest BCUT2D eigenvalue weighted by molar-refractivity contribution is -0.520. The van der Waals surface area contributed by atoms with Crippen molar-refractivity contribution in [2.45, 2.75) is 33.2 Å². The van der Waals surface area contributed by atoms with Gasteiger partial charge < -0.3 is 10.5 Å². The van der Waals surface area contributed by atoms with Crippen molar-refractivity contribution in [1.82, 2.24) is 10.3 Å². The van der Waals surface area contributed by atoms with Gasteiger partial charge in [-0.25, -0.2) is 0 Å². The van der Waals surface area contributed by atoms with E-state index >= 15 is 0 Å². The Morgan fingerprint density at radius 2 is 2.25 bits per heavy atom. The monoisotopic (exact) mass is 334 g/mol. The number of pyridine rings is 1. The number of amides is 1. The van der Waals surface area contributed by atoms with Crippen molar-refractivity contribution in [2.24, 2.45) is 11.1 Å². The summed E-state index contributed by atoms with van der Waals surface area (Å²) >= 11 is 0. The number of aromatic nitrogens is 1. The number of nitro groups is 1. The van der Waals surface area contributed by atoms with E-state index in [4.69, 9.17) is 5.21 Å². The first kappa shape index (κ1) is 19.3. The Morgan fingerprint density at radius 3 is 2.71 bits per heavy atom. The Hall–Kier alpha value is -2.77. The van der Waals surface area contributed by atoms with E-state index in [0.717, 1.165) is 0 Å². The molecular weight excluding hydrogens is 312 g/mol. The molecule has 0 aliphatic rings. The lowest BCUT2D eigenvalue weighted by Gasteiger charge is -2.16. The normalized spacial score (nSPS) is 13.7. The number of carbonyl (C=O) groups is 1. The Morgan fingerprint density at radius 1 is 1.54 bits per heavy atom. The quantitative estimate of drug-likeness (QED) is 0.327. The van der Waals surface area contributed by atoms with E-state index in [2.05, 4.69) is 15.5 Å². The lowest BCUT2D eigenvalue weighted by atomic mass is 9.93. The first-order valence-corrected chi connectivity index (χ1v) is 7.63. The van der Waals surface area contributed by atoms with E-state index < -0.39 is 6.04 Å². The van der Waals surface area contributed by atoms with Crippen molar-refractivity contribution >= 4 is 11.6 Å². The lowest BCUT2D eigenvalue weighted by Crippen LogP contribution is -2.31. The van der Waals surface area contributed by atoms with Crippen LogP contribution in [0.1, 0.15) is 37.6 Å². The fourth-order valence-electron chi connectivity index (χ4n) is 2.30. The first-order chi connectivity index (χ1) is 11.4. The van der Waals surface area contributed by atoms with Crippen LogP contribution >= 0.6 is 0 Å². The predicted octanol–water partition coefficient (Wildman–Crippen LogP) is 2.28. The van der Waals surface area contributed by atoms with Gasteiger partial charge in [-0.1, -0.05) is 25.9 Å². The molecule has 8 nitrogen and oxygen atoms in total. The molecule has 1 unspecified atom stereocenters. The molecule has 2 N–H and O–H groups in total. The van der Waals surface area contributed by atoms with Gasteiger partial charge in [0.25, 0.3) is 5.91 Å². The number of rotatable bonds is 8. The zero-order valence-electron chi connectivity index (χ0n) is 14.0. The fraction of sp³-hybridized carbons (Fsp3) is 0.438. The van der Waals surface area contributed by atoms with Crippen molar-refractivity contribution < 1.29 is 14.9 Å². The van der Waals surface area contributed by atoms with Gasteiger partial charge in [-0.2, -0.15) is 0 Å². The molecule has 1 aromatic heterocycles. The van der Waals surface area contributed by atoms with Crippen LogP contribution in [-0.2, 0) is 0 Å². The zero-order valence-corrected chi connectivity index (χ0v) is 14.0. The smallest absolute Gasteiger partial charge is 0.253 e. The highest BCUT2D eigenvalue weighted by Gasteiger charge is 2.28. The number of hydrogen-bond donors (Lipinski definition) is 2. The summed E-state index contributed by atoms with van der Waals surface area (Å²) in [5, 5.41) is 26.1. The van der Waals surface area contributed by atoms with E-state index in [0.29, 0.717) is 17.6 Å². The van der Waals surface area contributed by atoms with Gasteiger partial charge in [-0.05, 0) is 24.6 Å². The molecule has 130 valence electrons. The second-order valence-corrected chi connectivity index (χ2v) is 5.56. The molecule has 0 radical (unpaired) electrons. The van der Waals surface area contributed by atoms with Crippen LogP contribution in [0.2, 0.25) is 0 Å². The van der Waals surface area contributed by atoms with Crippen LogP contribution in [0.3, 0.4) is 0 Å². The molecule has 8 heteroatoms. The van der Waals surface area contributed by atoms with Crippen LogP contribution in [0.25, 0.3) is 0 Å². The molecule has 1 aromatic rings. The van der Waals surface area contributed by atoms with Gasteiger partial charge in [0.15, 0.2) is 0 Å². The highest BCUT2D eigenvalue weighted by atomic mass is 16.6. The molecule has 0 spiro atoms. The number of hydrogen-bond acceptors (Lipinski definition) is 6. The second kappa shape index (κ2) is 9.39. The molecule has 1 rings (SSSR count). The van der Waals surface area contributed by atoms with Crippen molar-refractivity contribution in [3.8, 4) is 0 Å². The van der Waals surface area contributed by atoms with Crippen LogP contribution in [-0.4, -0.2) is 39.3 Å². The van der Waals surface area contributed by atoms with Gasteiger partial charge >= 0.3 is 0 Å². The van der Waals surface area contributed by atoms with E-state index in [1.165, 1.54) is 12.3 Å². The van der Waals surface area contributed by atoms with Gasteiger partial charge in [0.1, 0.15) is 0 Å². The molecule has 0 fully saturated rings. The zero-order chi connectivity index (χ0) is 18.1. The maximum absolute atomic E-state index is 12.0. The third-order valence-electron chi connectivity index (χ3n) is 3.48. The number of carbonyl (C=O) groups excluding carboxylic acids is 1. The summed E-state index contributed by atoms with van der Waals surface area (Å²) in [6.07, 6.45) is 4.88. The second-order valence-electron chi connectivity index (χ2n) is 5.56. The summed E-state index contributed by atoms with van der Waals surface area (Å²) in [7, 11) is 0. The molecule has 0 saturated heterocycles. The molecule has 0 aromatic carbocycles. The average Bonchev–Trinajstić information content (AvgIpc) is 2.57. The van der Waals surface area contributed by atoms with E-state index in [1.54, 1.807) is 39.1 Å². The number of nitrogens with one attached hydrogen (secondary N) is 1. The third kappa shape index (κ3) is 5.45. The van der Waals surface area contributed by atoms with Crippen molar-refractivity contribution in [3.05, 3.63) is 51.9 Å². The van der Waals surface area contributed by atoms with Crippen LogP contribution in [0.4, 0.5) is 0 Å². The SMILES string of the molecule is CCC(=CC(CNC(=O)c1cccnc1)=NO)C(C(C)C)[N+](=O)[O-]. The maximum Gasteiger partial charge on any atom is 0.253 e. The summed E-state index contributed by atoms with van der Waals surface area (Å²) in [4.78, 5) is 26.7. The standard InChI is InChI=1S/C16H22N4O4/c1-4-12(15(11(2)3)20(23)24)8-14(19-22)10-18-16(21)13-6-5-7-17-9-13/h5-9,11,15,22H,4,10H2,1-3H3,(H,18,21). The van der Waals surface area contributed by atoms with Gasteiger partial charge in [-0.15, -0.1) is 0 Å². The molecule has 1 atom stereocenters. The highest BCUT2D eigenvalue weighted by molar-refractivity contribution is 6.01. The average molecular weight is 334 g/mol. The summed E-state index contributed by atoms with van der Waals surface area (Å²) < 4.78 is 0. The Bertz CT molecular complexity index is 626. The van der Waals surface area contributed by atoms with Crippen LogP contribution in [0.15, 0.2) is 41.3 Å². The Balaban J connectivity index is 2.85. The molecule has 1 amide bonds. The van der Waals surface area contributed by atoms with Crippen molar-refractivity contribution in [3.63, 3.8) is 0 Å². The number of nitrogens with zero attached hydrogens (tertiary/aromatic N) is 3. The summed E-state index contributed by atoms with van der Waals surface area (Å²) in [6, 6.07) is 2.38. The minimum Gasteiger partial charge on any atom is -0.411 e. The minimum absolute atomic E-state index is 0.0454. The van der Waals surface area contributed by atoms with Crippen LogP contribution in [0, 0.1) is 16.0 Å². The Kier molecular flexibility index (Phi) is 7.54. The highest BCUT2D eigenvalue weighted by Crippen LogP contribution is 2.18. The number of oxime groups is 1. The molecule has 1 heterocycles. The van der Waals surface area contributed by atoms with Gasteiger partial charge in [0.05, 0.1) is 17.8 Å². The summed E-state index contributed by atoms with van der Waals surface area (Å²) in [6.45, 7) is 5.28. The van der Waals surface area contributed by atoms with Gasteiger partial charge in [0.2, 0.25) is 6.04 Å². The molecule has 24 heavy (non-hydrogen) atoms. The first-order valence-electron chi connectivity index (χ1n) is 7.63. The van der Waals surface area contributed by atoms with Crippen LogP contribution < -0.4 is 5.32 Å². The topological polar surface area (TPSA) is 118 Å². The fourth-order valence-corrected chi connectivity index (χ4v) is 2.30. The van der Waals surface area contributed by atoms with Crippen molar-refractivity contribution in [1.29, 1.82) is 0 Å². The van der Waals surface area contributed by atoms with Gasteiger partial charge in [-0.3, -0.25) is 19.9 Å². The predicted molar refractivity (Wildman–Crippen MR) is 89.8 cm³/mol.